The lowest BCUT2D eigenvalue weighted by Crippen LogP contribution is -2.64. The summed E-state index contributed by atoms with van der Waals surface area (Å²) in [7, 11) is 0. The van der Waals surface area contributed by atoms with Crippen LogP contribution >= 0.6 is 0 Å². The molecule has 11 heteroatoms. The summed E-state index contributed by atoms with van der Waals surface area (Å²) in [6.07, 6.45) is -15.6. The average molecular weight is 342 g/mol. The standard InChI is InChI=1S/C12H22O11/c13-1-3-5(15)6(16)9(19)12(22-3)23-10-4(2-14)21-11(20)8(18)7(10)17/h3-20H,1-2H2/t3-,4+,5+,6+,7+,8+,9-,10+,11-,12+/m0/s1. The van der Waals surface area contributed by atoms with Crippen LogP contribution in [0.2, 0.25) is 0 Å². The van der Waals surface area contributed by atoms with E-state index in [4.69, 9.17) is 19.3 Å². The molecular formula is C12H22O11. The third-order valence-corrected chi connectivity index (χ3v) is 3.98. The monoisotopic (exact) mass is 342 g/mol. The van der Waals surface area contributed by atoms with E-state index in [1.165, 1.54) is 0 Å². The Labute approximate surface area is 130 Å². The SMILES string of the molecule is OC[C@@H]1O[C@H](O[C@H]2[C@H](O)[C@@H](O)[C@@H](O)O[C@@H]2CO)[C@@H](O)[C@H](O)[C@@H]1O. The molecule has 0 aliphatic carbocycles. The predicted molar refractivity (Wildman–Crippen MR) is 68.6 cm³/mol. The highest BCUT2D eigenvalue weighted by Gasteiger charge is 2.50. The number of rotatable bonds is 4. The van der Waals surface area contributed by atoms with Gasteiger partial charge in [-0.25, -0.2) is 0 Å². The molecule has 2 aliphatic heterocycles. The van der Waals surface area contributed by atoms with Crippen LogP contribution in [-0.2, 0) is 14.2 Å². The third-order valence-electron chi connectivity index (χ3n) is 3.98. The summed E-state index contributed by atoms with van der Waals surface area (Å²) in [5, 5.41) is 76.5. The van der Waals surface area contributed by atoms with Crippen molar-refractivity contribution in [3.05, 3.63) is 0 Å². The van der Waals surface area contributed by atoms with Crippen LogP contribution in [-0.4, -0.2) is 115 Å². The zero-order chi connectivity index (χ0) is 17.3. The van der Waals surface area contributed by atoms with E-state index >= 15 is 0 Å². The molecule has 0 saturated carbocycles. The lowest BCUT2D eigenvalue weighted by molar-refractivity contribution is -0.355. The van der Waals surface area contributed by atoms with Gasteiger partial charge in [-0.3, -0.25) is 0 Å². The molecule has 2 fully saturated rings. The Kier molecular flexibility index (Phi) is 6.27. The lowest BCUT2D eigenvalue weighted by atomic mass is 9.97. The number of hydrogen-bond donors (Lipinski definition) is 8. The van der Waals surface area contributed by atoms with Crippen LogP contribution < -0.4 is 0 Å². The molecule has 0 spiro atoms. The summed E-state index contributed by atoms with van der Waals surface area (Å²) in [5.41, 5.74) is 0. The Morgan fingerprint density at radius 3 is 1.83 bits per heavy atom. The van der Waals surface area contributed by atoms with Gasteiger partial charge in [-0.15, -0.1) is 0 Å². The first-order valence-corrected chi connectivity index (χ1v) is 7.08. The van der Waals surface area contributed by atoms with Gasteiger partial charge >= 0.3 is 0 Å². The Bertz CT molecular complexity index is 378. The summed E-state index contributed by atoms with van der Waals surface area (Å²) in [4.78, 5) is 0. The second kappa shape index (κ2) is 7.63. The first-order valence-electron chi connectivity index (χ1n) is 7.08. The average Bonchev–Trinajstić information content (AvgIpc) is 2.55. The molecule has 8 N–H and O–H groups in total. The molecule has 0 amide bonds. The molecule has 0 radical (unpaired) electrons. The van der Waals surface area contributed by atoms with Crippen molar-refractivity contribution >= 4 is 0 Å². The minimum absolute atomic E-state index is 0.667. The summed E-state index contributed by atoms with van der Waals surface area (Å²) < 4.78 is 15.3. The number of hydrogen-bond acceptors (Lipinski definition) is 11. The molecule has 2 rings (SSSR count). The second-order valence-corrected chi connectivity index (χ2v) is 5.53. The Morgan fingerprint density at radius 2 is 1.26 bits per heavy atom. The van der Waals surface area contributed by atoms with E-state index in [0.29, 0.717) is 0 Å². The van der Waals surface area contributed by atoms with Crippen LogP contribution in [0.3, 0.4) is 0 Å². The molecule has 2 heterocycles. The predicted octanol–water partition coefficient (Wildman–Crippen LogP) is -5.40. The van der Waals surface area contributed by atoms with E-state index in [-0.39, 0.29) is 0 Å². The van der Waals surface area contributed by atoms with Crippen molar-refractivity contribution in [2.45, 2.75) is 61.4 Å². The van der Waals surface area contributed by atoms with Crippen molar-refractivity contribution in [3.63, 3.8) is 0 Å². The Balaban J connectivity index is 2.11. The van der Waals surface area contributed by atoms with Gasteiger partial charge in [0.15, 0.2) is 12.6 Å². The summed E-state index contributed by atoms with van der Waals surface area (Å²) >= 11 is 0. The van der Waals surface area contributed by atoms with Crippen molar-refractivity contribution in [1.82, 2.24) is 0 Å². The molecule has 11 nitrogen and oxygen atoms in total. The van der Waals surface area contributed by atoms with E-state index in [1.807, 2.05) is 0 Å². The molecule has 136 valence electrons. The fourth-order valence-corrected chi connectivity index (χ4v) is 2.57. The largest absolute Gasteiger partial charge is 0.394 e. The fourth-order valence-electron chi connectivity index (χ4n) is 2.57. The maximum Gasteiger partial charge on any atom is 0.187 e. The van der Waals surface area contributed by atoms with Gasteiger partial charge in [0.05, 0.1) is 13.2 Å². The second-order valence-electron chi connectivity index (χ2n) is 5.53. The van der Waals surface area contributed by atoms with E-state index in [0.717, 1.165) is 0 Å². The number of ether oxygens (including phenoxy) is 3. The van der Waals surface area contributed by atoms with Crippen molar-refractivity contribution in [2.75, 3.05) is 13.2 Å². The van der Waals surface area contributed by atoms with E-state index < -0.39 is 74.6 Å². The highest BCUT2D eigenvalue weighted by atomic mass is 16.7. The van der Waals surface area contributed by atoms with Crippen LogP contribution in [0.25, 0.3) is 0 Å². The van der Waals surface area contributed by atoms with Gasteiger partial charge in [-0.2, -0.15) is 0 Å². The topological polar surface area (TPSA) is 190 Å². The number of aliphatic hydroxyl groups excluding tert-OH is 8. The quantitative estimate of drug-likeness (QED) is 0.243. The van der Waals surface area contributed by atoms with Gasteiger partial charge in [0, 0.05) is 0 Å². The molecule has 0 unspecified atom stereocenters. The summed E-state index contributed by atoms with van der Waals surface area (Å²) in [6.45, 7) is -1.35. The first-order chi connectivity index (χ1) is 10.8. The van der Waals surface area contributed by atoms with Crippen LogP contribution in [0.15, 0.2) is 0 Å². The van der Waals surface area contributed by atoms with Crippen LogP contribution in [0.5, 0.6) is 0 Å². The molecule has 0 aromatic carbocycles. The molecule has 10 atom stereocenters. The van der Waals surface area contributed by atoms with Crippen molar-refractivity contribution in [3.8, 4) is 0 Å². The smallest absolute Gasteiger partial charge is 0.187 e. The molecule has 0 bridgehead atoms. The maximum absolute atomic E-state index is 9.94. The zero-order valence-corrected chi connectivity index (χ0v) is 12.0. The molecule has 23 heavy (non-hydrogen) atoms. The highest BCUT2D eigenvalue weighted by Crippen LogP contribution is 2.28. The number of aliphatic hydroxyl groups is 8. The van der Waals surface area contributed by atoms with Gasteiger partial charge in [0.25, 0.3) is 0 Å². The zero-order valence-electron chi connectivity index (χ0n) is 12.0. The molecular weight excluding hydrogens is 320 g/mol. The molecule has 2 aliphatic rings. The minimum atomic E-state index is -1.74. The molecule has 0 aromatic heterocycles. The Hall–Kier alpha value is -0.440. The minimum Gasteiger partial charge on any atom is -0.394 e. The van der Waals surface area contributed by atoms with Crippen LogP contribution in [0.1, 0.15) is 0 Å². The van der Waals surface area contributed by atoms with Crippen molar-refractivity contribution in [2.24, 2.45) is 0 Å². The summed E-state index contributed by atoms with van der Waals surface area (Å²) in [5.74, 6) is 0. The molecule has 0 aromatic rings. The van der Waals surface area contributed by atoms with E-state index in [2.05, 4.69) is 0 Å². The first kappa shape index (κ1) is 18.9. The highest BCUT2D eigenvalue weighted by molar-refractivity contribution is 4.93. The third kappa shape index (κ3) is 3.65. The Morgan fingerprint density at radius 1 is 0.652 bits per heavy atom. The lowest BCUT2D eigenvalue weighted by Gasteiger charge is -2.45. The molecule has 2 saturated heterocycles. The van der Waals surface area contributed by atoms with Crippen molar-refractivity contribution in [1.29, 1.82) is 0 Å². The fraction of sp³-hybridized carbons (Fsp3) is 1.00. The van der Waals surface area contributed by atoms with E-state index in [9.17, 15) is 35.7 Å². The van der Waals surface area contributed by atoms with Gasteiger partial charge < -0.3 is 55.1 Å². The van der Waals surface area contributed by atoms with Gasteiger partial charge in [-0.1, -0.05) is 0 Å². The van der Waals surface area contributed by atoms with Gasteiger partial charge in [0.2, 0.25) is 0 Å². The maximum atomic E-state index is 9.94. The van der Waals surface area contributed by atoms with Crippen LogP contribution in [0.4, 0.5) is 0 Å². The van der Waals surface area contributed by atoms with E-state index in [1.54, 1.807) is 0 Å². The van der Waals surface area contributed by atoms with Crippen molar-refractivity contribution < 1.29 is 55.1 Å². The van der Waals surface area contributed by atoms with Gasteiger partial charge in [0.1, 0.15) is 48.8 Å². The summed E-state index contributed by atoms with van der Waals surface area (Å²) in [6, 6.07) is 0. The normalized spacial score (nSPS) is 51.7. The van der Waals surface area contributed by atoms with Gasteiger partial charge in [-0.05, 0) is 0 Å². The van der Waals surface area contributed by atoms with Crippen LogP contribution in [0, 0.1) is 0 Å².